The van der Waals surface area contributed by atoms with Crippen LogP contribution in [-0.4, -0.2) is 36.1 Å². The monoisotopic (exact) mass is 266 g/mol. The summed E-state index contributed by atoms with van der Waals surface area (Å²) in [7, 11) is 0. The van der Waals surface area contributed by atoms with E-state index in [2.05, 4.69) is 0 Å². The van der Waals surface area contributed by atoms with Crippen LogP contribution >= 0.6 is 0 Å². The first kappa shape index (κ1) is 15.3. The van der Waals surface area contributed by atoms with Crippen molar-refractivity contribution in [2.75, 3.05) is 13.1 Å². The van der Waals surface area contributed by atoms with Gasteiger partial charge in [-0.2, -0.15) is 13.2 Å². The number of rotatable bonds is 3. The molecule has 3 atom stereocenters. The van der Waals surface area contributed by atoms with Crippen LogP contribution < -0.4 is 5.73 Å². The van der Waals surface area contributed by atoms with E-state index in [0.29, 0.717) is 6.42 Å². The molecule has 1 aliphatic carbocycles. The first-order chi connectivity index (χ1) is 8.24. The maximum atomic E-state index is 12.4. The lowest BCUT2D eigenvalue weighted by Gasteiger charge is -2.35. The number of halogens is 3. The summed E-state index contributed by atoms with van der Waals surface area (Å²) >= 11 is 0. The molecule has 0 aliphatic heterocycles. The molecule has 18 heavy (non-hydrogen) atoms. The first-order valence-corrected chi connectivity index (χ1v) is 6.35. The minimum Gasteiger partial charge on any atom is -0.334 e. The molecule has 0 spiro atoms. The molecule has 2 N–H and O–H groups in total. The van der Waals surface area contributed by atoms with Crippen LogP contribution in [0.1, 0.15) is 33.1 Å². The van der Waals surface area contributed by atoms with Gasteiger partial charge in [0.15, 0.2) is 0 Å². The van der Waals surface area contributed by atoms with E-state index in [1.165, 1.54) is 0 Å². The Hall–Kier alpha value is -0.780. The number of alkyl halides is 3. The number of hydrogen-bond donors (Lipinski definition) is 1. The van der Waals surface area contributed by atoms with Crippen LogP contribution in [0.4, 0.5) is 13.2 Å². The fraction of sp³-hybridized carbons (Fsp3) is 0.917. The summed E-state index contributed by atoms with van der Waals surface area (Å²) < 4.78 is 37.1. The van der Waals surface area contributed by atoms with E-state index in [1.807, 2.05) is 6.92 Å². The van der Waals surface area contributed by atoms with Gasteiger partial charge in [0, 0.05) is 18.5 Å². The number of nitrogens with zero attached hydrogens (tertiary/aromatic N) is 1. The maximum Gasteiger partial charge on any atom is 0.406 e. The summed E-state index contributed by atoms with van der Waals surface area (Å²) in [6.07, 6.45) is -2.20. The lowest BCUT2D eigenvalue weighted by Crippen LogP contribution is -2.46. The van der Waals surface area contributed by atoms with Crippen molar-refractivity contribution in [3.63, 3.8) is 0 Å². The molecule has 1 aliphatic rings. The predicted molar refractivity (Wildman–Crippen MR) is 62.8 cm³/mol. The zero-order valence-electron chi connectivity index (χ0n) is 10.8. The fourth-order valence-electron chi connectivity index (χ4n) is 2.50. The lowest BCUT2D eigenvalue weighted by atomic mass is 9.77. The molecule has 1 saturated carbocycles. The van der Waals surface area contributed by atoms with Crippen molar-refractivity contribution in [2.24, 2.45) is 17.6 Å². The average molecular weight is 266 g/mol. The summed E-state index contributed by atoms with van der Waals surface area (Å²) in [4.78, 5) is 13.0. The Bertz CT molecular complexity index is 294. The van der Waals surface area contributed by atoms with Crippen molar-refractivity contribution < 1.29 is 18.0 Å². The molecule has 3 nitrogen and oxygen atoms in total. The molecule has 106 valence electrons. The molecule has 1 amide bonds. The SMILES string of the molecule is CCN(CC(F)(F)F)C(=O)C1CC(N)CCC1C. The zero-order chi connectivity index (χ0) is 13.9. The molecule has 0 aromatic heterocycles. The van der Waals surface area contributed by atoms with Gasteiger partial charge in [0.25, 0.3) is 0 Å². The van der Waals surface area contributed by atoms with Crippen molar-refractivity contribution in [3.8, 4) is 0 Å². The average Bonchev–Trinajstić information content (AvgIpc) is 2.27. The highest BCUT2D eigenvalue weighted by Crippen LogP contribution is 2.31. The minimum absolute atomic E-state index is 0.0697. The van der Waals surface area contributed by atoms with E-state index in [1.54, 1.807) is 6.92 Å². The summed E-state index contributed by atoms with van der Waals surface area (Å²) in [5.74, 6) is -0.659. The largest absolute Gasteiger partial charge is 0.406 e. The Morgan fingerprint density at radius 1 is 1.39 bits per heavy atom. The van der Waals surface area contributed by atoms with Gasteiger partial charge in [0.05, 0.1) is 0 Å². The van der Waals surface area contributed by atoms with Gasteiger partial charge in [0.2, 0.25) is 5.91 Å². The fourth-order valence-corrected chi connectivity index (χ4v) is 2.50. The molecular formula is C12H21F3N2O. The highest BCUT2D eigenvalue weighted by molar-refractivity contribution is 5.79. The molecule has 0 aromatic carbocycles. The van der Waals surface area contributed by atoms with Crippen molar-refractivity contribution >= 4 is 5.91 Å². The van der Waals surface area contributed by atoms with E-state index in [9.17, 15) is 18.0 Å². The summed E-state index contributed by atoms with van der Waals surface area (Å²) in [5.41, 5.74) is 5.80. The Labute approximate surface area is 106 Å². The Morgan fingerprint density at radius 2 is 2.00 bits per heavy atom. The van der Waals surface area contributed by atoms with Gasteiger partial charge in [0.1, 0.15) is 6.54 Å². The van der Waals surface area contributed by atoms with Crippen LogP contribution in [0.3, 0.4) is 0 Å². The highest BCUT2D eigenvalue weighted by atomic mass is 19.4. The first-order valence-electron chi connectivity index (χ1n) is 6.35. The minimum atomic E-state index is -4.34. The van der Waals surface area contributed by atoms with Crippen LogP contribution in [-0.2, 0) is 4.79 Å². The summed E-state index contributed by atoms with van der Waals surface area (Å²) in [6, 6.07) is -0.0697. The zero-order valence-corrected chi connectivity index (χ0v) is 10.8. The molecule has 0 radical (unpaired) electrons. The van der Waals surface area contributed by atoms with Gasteiger partial charge < -0.3 is 10.6 Å². The van der Waals surface area contributed by atoms with Gasteiger partial charge in [-0.1, -0.05) is 6.92 Å². The van der Waals surface area contributed by atoms with Gasteiger partial charge in [-0.25, -0.2) is 0 Å². The third-order valence-corrected chi connectivity index (χ3v) is 3.62. The Morgan fingerprint density at radius 3 is 2.50 bits per heavy atom. The van der Waals surface area contributed by atoms with Crippen LogP contribution in [0, 0.1) is 11.8 Å². The van der Waals surface area contributed by atoms with Crippen LogP contribution in [0.25, 0.3) is 0 Å². The number of nitrogens with two attached hydrogens (primary N) is 1. The van der Waals surface area contributed by atoms with Crippen LogP contribution in [0.2, 0.25) is 0 Å². The molecule has 6 heteroatoms. The van der Waals surface area contributed by atoms with Crippen molar-refractivity contribution in [1.29, 1.82) is 0 Å². The van der Waals surface area contributed by atoms with Gasteiger partial charge in [-0.15, -0.1) is 0 Å². The molecule has 0 saturated heterocycles. The molecule has 1 rings (SSSR count). The summed E-state index contributed by atoms with van der Waals surface area (Å²) in [5, 5.41) is 0. The van der Waals surface area contributed by atoms with Crippen molar-refractivity contribution in [1.82, 2.24) is 4.90 Å². The molecular weight excluding hydrogens is 245 g/mol. The molecule has 3 unspecified atom stereocenters. The number of amides is 1. The number of carbonyl (C=O) groups excluding carboxylic acids is 1. The van der Waals surface area contributed by atoms with Crippen molar-refractivity contribution in [2.45, 2.75) is 45.3 Å². The Kier molecular flexibility index (Phi) is 5.01. The summed E-state index contributed by atoms with van der Waals surface area (Å²) in [6.45, 7) is 2.39. The second-order valence-electron chi connectivity index (χ2n) is 5.12. The maximum absolute atomic E-state index is 12.4. The van der Waals surface area contributed by atoms with Crippen molar-refractivity contribution in [3.05, 3.63) is 0 Å². The third kappa shape index (κ3) is 4.15. The van der Waals surface area contributed by atoms with Crippen LogP contribution in [0.5, 0.6) is 0 Å². The normalized spacial score (nSPS) is 29.1. The van der Waals surface area contributed by atoms with E-state index >= 15 is 0 Å². The van der Waals surface area contributed by atoms with E-state index < -0.39 is 18.6 Å². The number of hydrogen-bond acceptors (Lipinski definition) is 2. The van der Waals surface area contributed by atoms with E-state index in [4.69, 9.17) is 5.73 Å². The molecule has 0 heterocycles. The van der Waals surface area contributed by atoms with Gasteiger partial charge >= 0.3 is 6.18 Å². The quantitative estimate of drug-likeness (QED) is 0.851. The van der Waals surface area contributed by atoms with Gasteiger partial charge in [-0.3, -0.25) is 4.79 Å². The van der Waals surface area contributed by atoms with Gasteiger partial charge in [-0.05, 0) is 32.1 Å². The Balaban J connectivity index is 2.70. The molecule has 1 fully saturated rings. The lowest BCUT2D eigenvalue weighted by molar-refractivity contribution is -0.165. The molecule has 0 bridgehead atoms. The number of carbonyl (C=O) groups is 1. The topological polar surface area (TPSA) is 46.3 Å². The second kappa shape index (κ2) is 5.91. The molecule has 0 aromatic rings. The standard InChI is InChI=1S/C12H21F3N2O/c1-3-17(7-12(13,14)15)11(18)10-6-9(16)5-4-8(10)2/h8-10H,3-7,16H2,1-2H3. The van der Waals surface area contributed by atoms with Crippen LogP contribution in [0.15, 0.2) is 0 Å². The highest BCUT2D eigenvalue weighted by Gasteiger charge is 2.38. The smallest absolute Gasteiger partial charge is 0.334 e. The third-order valence-electron chi connectivity index (χ3n) is 3.62. The predicted octanol–water partition coefficient (Wildman–Crippen LogP) is 2.16. The van der Waals surface area contributed by atoms with E-state index in [-0.39, 0.29) is 24.4 Å². The second-order valence-corrected chi connectivity index (χ2v) is 5.12. The van der Waals surface area contributed by atoms with E-state index in [0.717, 1.165) is 17.7 Å².